The Morgan fingerprint density at radius 1 is 1.67 bits per heavy atom. The Labute approximate surface area is 54.8 Å². The van der Waals surface area contributed by atoms with Crippen LogP contribution in [0.25, 0.3) is 0 Å². The van der Waals surface area contributed by atoms with Crippen LogP contribution >= 0.6 is 0 Å². The molecule has 0 aromatic carbocycles. The maximum absolute atomic E-state index is 10.5. The third kappa shape index (κ3) is 5.26. The average Bonchev–Trinajstić information content (AvgIpc) is 1.89. The Morgan fingerprint density at radius 3 is 2.78 bits per heavy atom. The van der Waals surface area contributed by atoms with E-state index in [0.717, 1.165) is 6.42 Å². The highest BCUT2D eigenvalue weighted by atomic mass is 16.1. The van der Waals surface area contributed by atoms with Crippen LogP contribution in [0.15, 0.2) is 0 Å². The first-order valence-electron chi connectivity index (χ1n) is 2.95. The number of carbonyl (C=O) groups is 1. The summed E-state index contributed by atoms with van der Waals surface area (Å²) in [7, 11) is 1.62. The number of rotatable bonds is 4. The predicted octanol–water partition coefficient (Wildman–Crippen LogP) is -1.02. The quantitative estimate of drug-likeness (QED) is 0.260. The lowest BCUT2D eigenvalue weighted by Gasteiger charge is -1.97. The molecule has 0 fully saturated rings. The van der Waals surface area contributed by atoms with E-state index in [1.807, 2.05) is 0 Å². The second-order valence-corrected chi connectivity index (χ2v) is 1.73. The van der Waals surface area contributed by atoms with Crippen molar-refractivity contribution in [3.63, 3.8) is 0 Å². The van der Waals surface area contributed by atoms with Crippen LogP contribution in [0.5, 0.6) is 0 Å². The Morgan fingerprint density at radius 2 is 2.33 bits per heavy atom. The second-order valence-electron chi connectivity index (χ2n) is 1.73. The topological polar surface area (TPSA) is 67.2 Å². The van der Waals surface area contributed by atoms with Crippen LogP contribution in [-0.2, 0) is 4.79 Å². The normalized spacial score (nSPS) is 9.11. The van der Waals surface area contributed by atoms with Crippen molar-refractivity contribution in [3.05, 3.63) is 0 Å². The van der Waals surface area contributed by atoms with Crippen LogP contribution in [0, 0.1) is 0 Å². The monoisotopic (exact) mass is 131 g/mol. The molecule has 0 aliphatic carbocycles. The number of carbonyl (C=O) groups excluding carboxylic acids is 1. The Hall–Kier alpha value is -0.610. The van der Waals surface area contributed by atoms with Gasteiger partial charge in [0.05, 0.1) is 0 Å². The molecule has 0 bridgehead atoms. The molecule has 0 aromatic heterocycles. The maximum atomic E-state index is 10.5. The number of nitrogens with one attached hydrogen (secondary N) is 2. The van der Waals surface area contributed by atoms with Crippen molar-refractivity contribution >= 4 is 5.91 Å². The van der Waals surface area contributed by atoms with E-state index >= 15 is 0 Å². The summed E-state index contributed by atoms with van der Waals surface area (Å²) in [5, 5.41) is 2.52. The molecule has 0 spiro atoms. The zero-order chi connectivity index (χ0) is 7.11. The lowest BCUT2D eigenvalue weighted by molar-refractivity contribution is -0.120. The van der Waals surface area contributed by atoms with Crippen molar-refractivity contribution in [1.29, 1.82) is 0 Å². The molecule has 0 heterocycles. The third-order valence-electron chi connectivity index (χ3n) is 1.00. The molecule has 4 nitrogen and oxygen atoms in total. The van der Waals surface area contributed by atoms with Crippen molar-refractivity contribution in [2.24, 2.45) is 5.84 Å². The van der Waals surface area contributed by atoms with Gasteiger partial charge in [-0.3, -0.25) is 16.1 Å². The summed E-state index contributed by atoms with van der Waals surface area (Å²) in [6.45, 7) is 0.688. The van der Waals surface area contributed by atoms with Gasteiger partial charge in [0.25, 0.3) is 0 Å². The van der Waals surface area contributed by atoms with Crippen LogP contribution in [0.4, 0.5) is 0 Å². The molecule has 0 aliphatic heterocycles. The van der Waals surface area contributed by atoms with Crippen LogP contribution in [0.2, 0.25) is 0 Å². The Kier molecular flexibility index (Phi) is 5.15. The largest absolute Gasteiger partial charge is 0.359 e. The molecule has 9 heavy (non-hydrogen) atoms. The van der Waals surface area contributed by atoms with E-state index in [-0.39, 0.29) is 5.91 Å². The van der Waals surface area contributed by atoms with E-state index < -0.39 is 0 Å². The van der Waals surface area contributed by atoms with Crippen molar-refractivity contribution in [1.82, 2.24) is 10.7 Å². The van der Waals surface area contributed by atoms with Crippen LogP contribution in [0.3, 0.4) is 0 Å². The van der Waals surface area contributed by atoms with Gasteiger partial charge in [0.1, 0.15) is 0 Å². The fourth-order valence-electron chi connectivity index (χ4n) is 0.476. The van der Waals surface area contributed by atoms with E-state index in [1.54, 1.807) is 7.05 Å². The van der Waals surface area contributed by atoms with Gasteiger partial charge >= 0.3 is 0 Å². The molecule has 0 atom stereocenters. The molecule has 0 saturated carbocycles. The van der Waals surface area contributed by atoms with Crippen molar-refractivity contribution < 1.29 is 4.79 Å². The minimum Gasteiger partial charge on any atom is -0.359 e. The smallest absolute Gasteiger partial charge is 0.219 e. The van der Waals surface area contributed by atoms with Gasteiger partial charge in [0.15, 0.2) is 0 Å². The SMILES string of the molecule is CNC(=O)CCCNN. The molecule has 0 aliphatic rings. The minimum atomic E-state index is 0.0604. The zero-order valence-corrected chi connectivity index (χ0v) is 5.61. The fraction of sp³-hybridized carbons (Fsp3) is 0.800. The number of nitrogens with two attached hydrogens (primary N) is 1. The highest BCUT2D eigenvalue weighted by Gasteiger charge is 1.94. The van der Waals surface area contributed by atoms with Gasteiger partial charge in [0.2, 0.25) is 5.91 Å². The molecular weight excluding hydrogens is 118 g/mol. The first kappa shape index (κ1) is 8.39. The Balaban J connectivity index is 2.97. The fourth-order valence-corrected chi connectivity index (χ4v) is 0.476. The molecule has 0 unspecified atom stereocenters. The molecule has 0 aromatic rings. The molecular formula is C5H13N3O. The average molecular weight is 131 g/mol. The first-order valence-corrected chi connectivity index (χ1v) is 2.95. The molecule has 1 amide bonds. The lowest BCUT2D eigenvalue weighted by atomic mass is 10.3. The molecule has 4 N–H and O–H groups in total. The molecule has 0 radical (unpaired) electrons. The molecule has 4 heteroatoms. The van der Waals surface area contributed by atoms with Crippen LogP contribution in [0.1, 0.15) is 12.8 Å². The number of hydrogen-bond donors (Lipinski definition) is 3. The highest BCUT2D eigenvalue weighted by Crippen LogP contribution is 1.83. The lowest BCUT2D eigenvalue weighted by Crippen LogP contribution is -2.25. The van der Waals surface area contributed by atoms with Crippen molar-refractivity contribution in [2.75, 3.05) is 13.6 Å². The van der Waals surface area contributed by atoms with Gasteiger partial charge < -0.3 is 5.32 Å². The minimum absolute atomic E-state index is 0.0604. The van der Waals surface area contributed by atoms with E-state index in [2.05, 4.69) is 10.7 Å². The summed E-state index contributed by atoms with van der Waals surface area (Å²) >= 11 is 0. The van der Waals surface area contributed by atoms with Crippen molar-refractivity contribution in [2.45, 2.75) is 12.8 Å². The van der Waals surface area contributed by atoms with E-state index in [0.29, 0.717) is 13.0 Å². The van der Waals surface area contributed by atoms with E-state index in [4.69, 9.17) is 5.84 Å². The predicted molar refractivity (Wildman–Crippen MR) is 35.5 cm³/mol. The number of hydrogen-bond acceptors (Lipinski definition) is 3. The van der Waals surface area contributed by atoms with Gasteiger partial charge in [0, 0.05) is 20.0 Å². The zero-order valence-electron chi connectivity index (χ0n) is 5.61. The van der Waals surface area contributed by atoms with Gasteiger partial charge in [-0.1, -0.05) is 0 Å². The summed E-state index contributed by atoms with van der Waals surface area (Å²) in [6.07, 6.45) is 1.33. The second kappa shape index (κ2) is 5.53. The third-order valence-corrected chi connectivity index (χ3v) is 1.00. The van der Waals surface area contributed by atoms with Gasteiger partial charge in [-0.25, -0.2) is 0 Å². The molecule has 54 valence electrons. The summed E-state index contributed by atoms with van der Waals surface area (Å²) < 4.78 is 0. The number of amides is 1. The van der Waals surface area contributed by atoms with E-state index in [1.165, 1.54) is 0 Å². The van der Waals surface area contributed by atoms with Crippen LogP contribution < -0.4 is 16.6 Å². The summed E-state index contributed by atoms with van der Waals surface area (Å²) in [4.78, 5) is 10.5. The van der Waals surface area contributed by atoms with Gasteiger partial charge in [-0.05, 0) is 6.42 Å². The molecule has 0 rings (SSSR count). The summed E-state index contributed by atoms with van der Waals surface area (Å²) in [5.74, 6) is 5.03. The van der Waals surface area contributed by atoms with Crippen molar-refractivity contribution in [3.8, 4) is 0 Å². The van der Waals surface area contributed by atoms with E-state index in [9.17, 15) is 4.79 Å². The van der Waals surface area contributed by atoms with Crippen LogP contribution in [-0.4, -0.2) is 19.5 Å². The Bertz CT molecular complexity index is 84.3. The highest BCUT2D eigenvalue weighted by molar-refractivity contribution is 5.75. The summed E-state index contributed by atoms with van der Waals surface area (Å²) in [6, 6.07) is 0. The van der Waals surface area contributed by atoms with Gasteiger partial charge in [-0.2, -0.15) is 0 Å². The standard InChI is InChI=1S/C5H13N3O/c1-7-5(9)3-2-4-8-6/h8H,2-4,6H2,1H3,(H,7,9). The molecule has 0 saturated heterocycles. The van der Waals surface area contributed by atoms with Gasteiger partial charge in [-0.15, -0.1) is 0 Å². The first-order chi connectivity index (χ1) is 4.31. The number of hydrazine groups is 1. The maximum Gasteiger partial charge on any atom is 0.219 e. The summed E-state index contributed by atoms with van der Waals surface area (Å²) in [5.41, 5.74) is 2.47.